The minimum atomic E-state index is -0.356. The van der Waals surface area contributed by atoms with E-state index in [9.17, 15) is 10.1 Å². The van der Waals surface area contributed by atoms with Gasteiger partial charge in [-0.25, -0.2) is 0 Å². The van der Waals surface area contributed by atoms with Gasteiger partial charge in [-0.15, -0.1) is 0 Å². The topological polar surface area (TPSA) is 65.8 Å². The zero-order valence-electron chi connectivity index (χ0n) is 16.6. The van der Waals surface area contributed by atoms with Crippen molar-refractivity contribution in [2.24, 2.45) is 0 Å². The Morgan fingerprint density at radius 3 is 2.60 bits per heavy atom. The van der Waals surface area contributed by atoms with E-state index in [0.29, 0.717) is 29.6 Å². The molecular weight excluding hydrogens is 466 g/mol. The number of anilines is 1. The van der Waals surface area contributed by atoms with Crippen LogP contribution in [0.1, 0.15) is 17.9 Å². The highest BCUT2D eigenvalue weighted by molar-refractivity contribution is 9.10. The predicted molar refractivity (Wildman–Crippen MR) is 120 cm³/mol. The van der Waals surface area contributed by atoms with Crippen molar-refractivity contribution in [1.82, 2.24) is 4.90 Å². The summed E-state index contributed by atoms with van der Waals surface area (Å²) in [6, 6.07) is 15.9. The number of rotatable bonds is 4. The van der Waals surface area contributed by atoms with Gasteiger partial charge in [0.15, 0.2) is 11.5 Å². The SMILES string of the molecule is COc1cccc([C@@H]2CC(=O)N3CN(c4ccc(Br)cc4)CSC3=C2C#N)c1OC. The second kappa shape index (κ2) is 8.62. The second-order valence-electron chi connectivity index (χ2n) is 6.92. The fourth-order valence-electron chi connectivity index (χ4n) is 3.83. The number of ether oxygens (including phenoxy) is 2. The molecule has 2 aliphatic heterocycles. The fourth-order valence-corrected chi connectivity index (χ4v) is 5.26. The van der Waals surface area contributed by atoms with Gasteiger partial charge in [-0.1, -0.05) is 39.8 Å². The standard InChI is InChI=1S/C22H20BrN3O3S/c1-28-19-5-3-4-16(21(19)29-2)17-10-20(27)26-12-25(13-30-22(26)18(17)11-24)15-8-6-14(23)7-9-15/h3-9,17H,10,12-13H2,1-2H3/t17-/m0/s1. The van der Waals surface area contributed by atoms with E-state index in [-0.39, 0.29) is 18.2 Å². The Morgan fingerprint density at radius 1 is 1.17 bits per heavy atom. The van der Waals surface area contributed by atoms with Gasteiger partial charge in [0.2, 0.25) is 5.91 Å². The van der Waals surface area contributed by atoms with Crippen molar-refractivity contribution in [1.29, 1.82) is 5.26 Å². The molecule has 0 saturated carbocycles. The van der Waals surface area contributed by atoms with Crippen LogP contribution in [0.4, 0.5) is 5.69 Å². The van der Waals surface area contributed by atoms with Crippen molar-refractivity contribution in [3.05, 3.63) is 63.1 Å². The molecular formula is C22H20BrN3O3S. The Bertz CT molecular complexity index is 1050. The van der Waals surface area contributed by atoms with Gasteiger partial charge in [-0.2, -0.15) is 5.26 Å². The average molecular weight is 486 g/mol. The maximum absolute atomic E-state index is 13.1. The number of halogens is 1. The third kappa shape index (κ3) is 3.64. The summed E-state index contributed by atoms with van der Waals surface area (Å²) in [4.78, 5) is 17.0. The summed E-state index contributed by atoms with van der Waals surface area (Å²) in [7, 11) is 3.15. The van der Waals surface area contributed by atoms with Crippen LogP contribution in [0, 0.1) is 11.3 Å². The number of carbonyl (C=O) groups is 1. The Labute approximate surface area is 188 Å². The zero-order valence-corrected chi connectivity index (χ0v) is 19.0. The third-order valence-corrected chi connectivity index (χ3v) is 6.98. The summed E-state index contributed by atoms with van der Waals surface area (Å²) in [6.45, 7) is 0.427. The van der Waals surface area contributed by atoms with E-state index in [2.05, 4.69) is 26.9 Å². The van der Waals surface area contributed by atoms with E-state index in [4.69, 9.17) is 9.47 Å². The molecule has 2 aromatic carbocycles. The molecule has 2 aliphatic rings. The summed E-state index contributed by atoms with van der Waals surface area (Å²) in [6.07, 6.45) is 0.213. The van der Waals surface area contributed by atoms with E-state index in [1.807, 2.05) is 42.5 Å². The number of nitriles is 1. The molecule has 2 heterocycles. The van der Waals surface area contributed by atoms with Crippen molar-refractivity contribution in [2.45, 2.75) is 12.3 Å². The van der Waals surface area contributed by atoms with E-state index in [1.54, 1.807) is 19.1 Å². The highest BCUT2D eigenvalue weighted by Gasteiger charge is 2.39. The van der Waals surface area contributed by atoms with Gasteiger partial charge in [0, 0.05) is 28.1 Å². The molecule has 1 saturated heterocycles. The lowest BCUT2D eigenvalue weighted by Crippen LogP contribution is -2.47. The number of carbonyl (C=O) groups excluding carboxylic acids is 1. The predicted octanol–water partition coefficient (Wildman–Crippen LogP) is 4.69. The highest BCUT2D eigenvalue weighted by atomic mass is 79.9. The number of hydrogen-bond donors (Lipinski definition) is 0. The molecule has 30 heavy (non-hydrogen) atoms. The molecule has 1 atom stereocenters. The molecule has 2 aromatic rings. The number of nitrogens with zero attached hydrogens (tertiary/aromatic N) is 3. The van der Waals surface area contributed by atoms with E-state index >= 15 is 0 Å². The smallest absolute Gasteiger partial charge is 0.229 e. The molecule has 4 rings (SSSR count). The minimum Gasteiger partial charge on any atom is -0.493 e. The number of methoxy groups -OCH3 is 2. The zero-order chi connectivity index (χ0) is 21.3. The van der Waals surface area contributed by atoms with Crippen LogP contribution in [-0.4, -0.2) is 37.6 Å². The molecule has 0 aliphatic carbocycles. The van der Waals surface area contributed by atoms with Gasteiger partial charge >= 0.3 is 0 Å². The molecule has 6 nitrogen and oxygen atoms in total. The average Bonchev–Trinajstić information content (AvgIpc) is 2.78. The number of benzene rings is 2. The maximum atomic E-state index is 13.1. The number of fused-ring (bicyclic) bond motifs is 1. The first-order valence-corrected chi connectivity index (χ1v) is 11.1. The summed E-state index contributed by atoms with van der Waals surface area (Å²) in [5.74, 6) is 1.45. The minimum absolute atomic E-state index is 0.00631. The molecule has 0 bridgehead atoms. The molecule has 154 valence electrons. The number of thioether (sulfide) groups is 1. The van der Waals surface area contributed by atoms with Crippen molar-refractivity contribution in [3.63, 3.8) is 0 Å². The monoisotopic (exact) mass is 485 g/mol. The number of para-hydroxylation sites is 1. The van der Waals surface area contributed by atoms with Crippen LogP contribution in [0.25, 0.3) is 0 Å². The van der Waals surface area contributed by atoms with Crippen molar-refractivity contribution in [2.75, 3.05) is 31.7 Å². The van der Waals surface area contributed by atoms with E-state index < -0.39 is 0 Å². The van der Waals surface area contributed by atoms with Crippen molar-refractivity contribution >= 4 is 39.3 Å². The number of amides is 1. The Balaban J connectivity index is 1.70. The lowest BCUT2D eigenvalue weighted by atomic mass is 9.85. The fraction of sp³-hybridized carbons (Fsp3) is 0.273. The summed E-state index contributed by atoms with van der Waals surface area (Å²) >= 11 is 4.97. The van der Waals surface area contributed by atoms with Crippen molar-refractivity contribution < 1.29 is 14.3 Å². The molecule has 0 N–H and O–H groups in total. The quantitative estimate of drug-likeness (QED) is 0.625. The lowest BCUT2D eigenvalue weighted by Gasteiger charge is -2.42. The first kappa shape index (κ1) is 20.6. The van der Waals surface area contributed by atoms with Crippen LogP contribution in [0.3, 0.4) is 0 Å². The largest absolute Gasteiger partial charge is 0.493 e. The van der Waals surface area contributed by atoms with Crippen LogP contribution in [0.2, 0.25) is 0 Å². The molecule has 1 fully saturated rings. The van der Waals surface area contributed by atoms with Crippen LogP contribution in [-0.2, 0) is 4.79 Å². The molecule has 0 radical (unpaired) electrons. The molecule has 0 unspecified atom stereocenters. The van der Waals surface area contributed by atoms with E-state index in [0.717, 1.165) is 20.8 Å². The maximum Gasteiger partial charge on any atom is 0.229 e. The number of allylic oxidation sites excluding steroid dienone is 1. The summed E-state index contributed by atoms with van der Waals surface area (Å²) in [5, 5.41) is 10.7. The van der Waals surface area contributed by atoms with E-state index in [1.165, 1.54) is 11.8 Å². The molecule has 0 spiro atoms. The number of hydrogen-bond acceptors (Lipinski definition) is 6. The highest BCUT2D eigenvalue weighted by Crippen LogP contribution is 2.47. The third-order valence-electron chi connectivity index (χ3n) is 5.29. The molecule has 1 amide bonds. The Kier molecular flexibility index (Phi) is 5.93. The second-order valence-corrected chi connectivity index (χ2v) is 8.77. The van der Waals surface area contributed by atoms with Gasteiger partial charge in [-0.3, -0.25) is 9.69 Å². The Hall–Kier alpha value is -2.63. The Morgan fingerprint density at radius 2 is 1.93 bits per heavy atom. The van der Waals surface area contributed by atoms with Gasteiger partial charge < -0.3 is 14.4 Å². The van der Waals surface area contributed by atoms with Gasteiger partial charge in [0.05, 0.1) is 43.4 Å². The summed E-state index contributed by atoms with van der Waals surface area (Å²) < 4.78 is 12.0. The van der Waals surface area contributed by atoms with Gasteiger partial charge in [-0.05, 0) is 30.3 Å². The van der Waals surface area contributed by atoms with Crippen LogP contribution in [0.15, 0.2) is 57.5 Å². The molecule has 0 aromatic heterocycles. The van der Waals surface area contributed by atoms with Crippen molar-refractivity contribution in [3.8, 4) is 17.6 Å². The van der Waals surface area contributed by atoms with Gasteiger partial charge in [0.25, 0.3) is 0 Å². The lowest BCUT2D eigenvalue weighted by molar-refractivity contribution is -0.129. The normalized spacial score (nSPS) is 18.7. The van der Waals surface area contributed by atoms with Crippen LogP contribution >= 0.6 is 27.7 Å². The van der Waals surface area contributed by atoms with Crippen LogP contribution in [0.5, 0.6) is 11.5 Å². The first-order valence-electron chi connectivity index (χ1n) is 9.36. The molecule has 8 heteroatoms. The van der Waals surface area contributed by atoms with Crippen LogP contribution < -0.4 is 14.4 Å². The first-order chi connectivity index (χ1) is 14.6. The summed E-state index contributed by atoms with van der Waals surface area (Å²) in [5.41, 5.74) is 2.43. The van der Waals surface area contributed by atoms with Gasteiger partial charge in [0.1, 0.15) is 0 Å².